The van der Waals surface area contributed by atoms with Gasteiger partial charge in [0, 0.05) is 49.1 Å². The Morgan fingerprint density at radius 3 is 2.50 bits per heavy atom. The van der Waals surface area contributed by atoms with Crippen LogP contribution in [0.15, 0.2) is 42.5 Å². The molecule has 1 atom stereocenters. The quantitative estimate of drug-likeness (QED) is 0.677. The molecule has 5 heteroatoms. The molecule has 0 saturated heterocycles. The van der Waals surface area contributed by atoms with Crippen LogP contribution in [0.3, 0.4) is 0 Å². The lowest BCUT2D eigenvalue weighted by atomic mass is 9.89. The van der Waals surface area contributed by atoms with Crippen LogP contribution in [-0.4, -0.2) is 24.5 Å². The molecule has 0 aliphatic heterocycles. The minimum Gasteiger partial charge on any atom is -0.457 e. The highest BCUT2D eigenvalue weighted by Gasteiger charge is 2.22. The molecule has 1 amide bonds. The Morgan fingerprint density at radius 2 is 1.89 bits per heavy atom. The van der Waals surface area contributed by atoms with Crippen molar-refractivity contribution < 1.29 is 9.53 Å². The molecule has 2 aromatic carbocycles. The molecule has 152 valence electrons. The molecule has 3 N–H and O–H groups in total. The summed E-state index contributed by atoms with van der Waals surface area (Å²) in [6.07, 6.45) is 0. The monoisotopic (exact) mass is 383 g/mol. The van der Waals surface area contributed by atoms with Gasteiger partial charge in [0.25, 0.3) is 0 Å². The smallest absolute Gasteiger partial charge is 0.221 e. The van der Waals surface area contributed by atoms with Gasteiger partial charge in [0.15, 0.2) is 0 Å². The average Bonchev–Trinajstić information content (AvgIpc) is 2.61. The zero-order valence-corrected chi connectivity index (χ0v) is 17.9. The van der Waals surface area contributed by atoms with E-state index in [-0.39, 0.29) is 11.4 Å². The number of amides is 1. The summed E-state index contributed by atoms with van der Waals surface area (Å²) < 4.78 is 6.06. The van der Waals surface area contributed by atoms with E-state index in [1.54, 1.807) is 0 Å². The summed E-state index contributed by atoms with van der Waals surface area (Å²) in [7, 11) is 0. The van der Waals surface area contributed by atoms with Gasteiger partial charge in [-0.2, -0.15) is 0 Å². The van der Waals surface area contributed by atoms with Crippen LogP contribution in [0.5, 0.6) is 11.5 Å². The number of rotatable bonds is 8. The topological polar surface area (TPSA) is 67.6 Å². The molecule has 0 aromatic heterocycles. The van der Waals surface area contributed by atoms with E-state index >= 15 is 0 Å². The summed E-state index contributed by atoms with van der Waals surface area (Å²) >= 11 is 0. The van der Waals surface area contributed by atoms with Crippen molar-refractivity contribution in [3.8, 4) is 11.5 Å². The van der Waals surface area contributed by atoms with Crippen LogP contribution in [0.4, 0.5) is 11.4 Å². The molecule has 0 saturated carbocycles. The summed E-state index contributed by atoms with van der Waals surface area (Å²) in [4.78, 5) is 13.7. The molecule has 0 radical (unpaired) electrons. The number of hydrogen-bond donors (Lipinski definition) is 2. The first kappa shape index (κ1) is 21.8. The van der Waals surface area contributed by atoms with Crippen molar-refractivity contribution in [2.24, 2.45) is 11.7 Å². The normalized spacial score (nSPS) is 12.4. The molecule has 28 heavy (non-hydrogen) atoms. The fraction of sp³-hybridized carbons (Fsp3) is 0.435. The maximum absolute atomic E-state index is 11.4. The van der Waals surface area contributed by atoms with E-state index in [4.69, 9.17) is 10.5 Å². The Hall–Kier alpha value is -2.53. The average molecular weight is 384 g/mol. The van der Waals surface area contributed by atoms with E-state index in [0.29, 0.717) is 11.7 Å². The highest BCUT2D eigenvalue weighted by atomic mass is 16.5. The number of nitrogens with two attached hydrogens (primary N) is 1. The molecule has 5 nitrogen and oxygen atoms in total. The zero-order valence-electron chi connectivity index (χ0n) is 17.9. The van der Waals surface area contributed by atoms with Crippen LogP contribution >= 0.6 is 0 Å². The third kappa shape index (κ3) is 5.99. The van der Waals surface area contributed by atoms with Crippen molar-refractivity contribution in [2.45, 2.75) is 47.1 Å². The second-order valence-electron chi connectivity index (χ2n) is 8.02. The highest BCUT2D eigenvalue weighted by Crippen LogP contribution is 2.30. The lowest BCUT2D eigenvalue weighted by Crippen LogP contribution is -2.45. The van der Waals surface area contributed by atoms with Crippen LogP contribution in [0.1, 0.15) is 40.2 Å². The Morgan fingerprint density at radius 1 is 1.21 bits per heavy atom. The largest absolute Gasteiger partial charge is 0.457 e. The molecule has 0 bridgehead atoms. The van der Waals surface area contributed by atoms with Gasteiger partial charge in [-0.15, -0.1) is 0 Å². The third-order valence-corrected chi connectivity index (χ3v) is 5.08. The van der Waals surface area contributed by atoms with Gasteiger partial charge in [0.05, 0.1) is 0 Å². The molecule has 2 aromatic rings. The van der Waals surface area contributed by atoms with Gasteiger partial charge in [-0.25, -0.2) is 0 Å². The summed E-state index contributed by atoms with van der Waals surface area (Å²) in [6, 6.07) is 13.7. The van der Waals surface area contributed by atoms with Crippen LogP contribution < -0.4 is 20.7 Å². The van der Waals surface area contributed by atoms with Crippen molar-refractivity contribution >= 4 is 17.3 Å². The fourth-order valence-electron chi connectivity index (χ4n) is 2.85. The minimum atomic E-state index is -0.233. The van der Waals surface area contributed by atoms with E-state index in [0.717, 1.165) is 35.8 Å². The SMILES string of the molecule is CCN(CC(C)C(C)(C)N)c1cccc(Oc2ccc(C)c(NC(C)=O)c2)c1. The number of nitrogens with zero attached hydrogens (tertiary/aromatic N) is 1. The predicted molar refractivity (Wildman–Crippen MR) is 117 cm³/mol. The third-order valence-electron chi connectivity index (χ3n) is 5.08. The van der Waals surface area contributed by atoms with Gasteiger partial charge in [-0.1, -0.05) is 19.1 Å². The van der Waals surface area contributed by atoms with Crippen molar-refractivity contribution in [2.75, 3.05) is 23.3 Å². The number of anilines is 2. The van der Waals surface area contributed by atoms with Crippen LogP contribution in [-0.2, 0) is 4.79 Å². The lowest BCUT2D eigenvalue weighted by molar-refractivity contribution is -0.114. The number of carbonyl (C=O) groups excluding carboxylic acids is 1. The number of carbonyl (C=O) groups is 1. The summed E-state index contributed by atoms with van der Waals surface area (Å²) in [5.41, 5.74) is 8.89. The van der Waals surface area contributed by atoms with Crippen LogP contribution in [0.2, 0.25) is 0 Å². The van der Waals surface area contributed by atoms with Crippen molar-refractivity contribution in [3.63, 3.8) is 0 Å². The van der Waals surface area contributed by atoms with E-state index < -0.39 is 0 Å². The summed E-state index contributed by atoms with van der Waals surface area (Å²) in [5, 5.41) is 2.83. The zero-order chi connectivity index (χ0) is 20.9. The molecular weight excluding hydrogens is 350 g/mol. The molecule has 0 aliphatic rings. The molecule has 0 aliphatic carbocycles. The Labute approximate surface area is 168 Å². The Kier molecular flexibility index (Phi) is 7.08. The first-order chi connectivity index (χ1) is 13.1. The van der Waals surface area contributed by atoms with E-state index in [9.17, 15) is 4.79 Å². The summed E-state index contributed by atoms with van der Waals surface area (Å²) in [6.45, 7) is 13.7. The van der Waals surface area contributed by atoms with Gasteiger partial charge in [-0.3, -0.25) is 4.79 Å². The first-order valence-corrected chi connectivity index (χ1v) is 9.80. The maximum Gasteiger partial charge on any atom is 0.221 e. The van der Waals surface area contributed by atoms with Gasteiger partial charge in [0.1, 0.15) is 11.5 Å². The minimum absolute atomic E-state index is 0.0993. The van der Waals surface area contributed by atoms with Crippen molar-refractivity contribution in [1.82, 2.24) is 0 Å². The van der Waals surface area contributed by atoms with Gasteiger partial charge in [-0.05, 0) is 57.4 Å². The van der Waals surface area contributed by atoms with Gasteiger partial charge >= 0.3 is 0 Å². The van der Waals surface area contributed by atoms with E-state index in [1.807, 2.05) is 43.3 Å². The Balaban J connectivity index is 2.19. The molecule has 1 unspecified atom stereocenters. The summed E-state index contributed by atoms with van der Waals surface area (Å²) in [5.74, 6) is 1.69. The molecule has 0 spiro atoms. The van der Waals surface area contributed by atoms with E-state index in [1.165, 1.54) is 6.92 Å². The molecule has 0 heterocycles. The lowest BCUT2D eigenvalue weighted by Gasteiger charge is -2.33. The number of ether oxygens (including phenoxy) is 1. The molecular formula is C23H33N3O2. The number of aryl methyl sites for hydroxylation is 1. The maximum atomic E-state index is 11.4. The van der Waals surface area contributed by atoms with Gasteiger partial charge in [0.2, 0.25) is 5.91 Å². The fourth-order valence-corrected chi connectivity index (χ4v) is 2.85. The number of benzene rings is 2. The van der Waals surface area contributed by atoms with Crippen LogP contribution in [0, 0.1) is 12.8 Å². The van der Waals surface area contributed by atoms with Crippen molar-refractivity contribution in [3.05, 3.63) is 48.0 Å². The van der Waals surface area contributed by atoms with Gasteiger partial charge < -0.3 is 20.7 Å². The number of hydrogen-bond acceptors (Lipinski definition) is 4. The highest BCUT2D eigenvalue weighted by molar-refractivity contribution is 5.89. The first-order valence-electron chi connectivity index (χ1n) is 9.80. The van der Waals surface area contributed by atoms with Crippen LogP contribution in [0.25, 0.3) is 0 Å². The Bertz CT molecular complexity index is 812. The second-order valence-corrected chi connectivity index (χ2v) is 8.02. The number of nitrogens with one attached hydrogen (secondary N) is 1. The second kappa shape index (κ2) is 9.11. The molecule has 0 fully saturated rings. The predicted octanol–water partition coefficient (Wildman–Crippen LogP) is 4.95. The standard InChI is InChI=1S/C23H33N3O2/c1-7-26(15-17(3)23(5,6)24)19-9-8-10-20(13-19)28-21-12-11-16(2)22(14-21)25-18(4)27/h8-14,17H,7,15,24H2,1-6H3,(H,25,27). The van der Waals surface area contributed by atoms with Crippen molar-refractivity contribution in [1.29, 1.82) is 0 Å². The molecule has 2 rings (SSSR count). The van der Waals surface area contributed by atoms with E-state index in [2.05, 4.69) is 44.0 Å².